The van der Waals surface area contributed by atoms with Crippen molar-refractivity contribution in [2.45, 2.75) is 65.6 Å². The lowest BCUT2D eigenvalue weighted by atomic mass is 9.97. The van der Waals surface area contributed by atoms with Gasteiger partial charge in [0.15, 0.2) is 6.23 Å². The fourth-order valence-corrected chi connectivity index (χ4v) is 3.63. The maximum Gasteiger partial charge on any atom is 0.255 e. The van der Waals surface area contributed by atoms with E-state index in [1.165, 1.54) is 5.56 Å². The van der Waals surface area contributed by atoms with Gasteiger partial charge in [-0.05, 0) is 56.5 Å². The Morgan fingerprint density at radius 1 is 1.21 bits per heavy atom. The van der Waals surface area contributed by atoms with Crippen LogP contribution in [0.2, 0.25) is 0 Å². The second-order valence-electron chi connectivity index (χ2n) is 7.31. The first kappa shape index (κ1) is 20.4. The summed E-state index contributed by atoms with van der Waals surface area (Å²) >= 11 is 0. The van der Waals surface area contributed by atoms with Crippen molar-refractivity contribution in [3.05, 3.63) is 51.4 Å². The van der Waals surface area contributed by atoms with Crippen molar-refractivity contribution in [3.63, 3.8) is 0 Å². The van der Waals surface area contributed by atoms with E-state index in [-0.39, 0.29) is 11.8 Å². The first-order valence-electron chi connectivity index (χ1n) is 10.5. The van der Waals surface area contributed by atoms with E-state index in [9.17, 15) is 4.79 Å². The summed E-state index contributed by atoms with van der Waals surface area (Å²) < 4.78 is 6.15. The Morgan fingerprint density at radius 2 is 2.00 bits per heavy atom. The molecule has 1 heterocycles. The maximum atomic E-state index is 12.3. The molecule has 1 aliphatic rings. The second-order valence-corrected chi connectivity index (χ2v) is 7.31. The van der Waals surface area contributed by atoms with Gasteiger partial charge in [0.25, 0.3) is 5.56 Å². The third-order valence-corrected chi connectivity index (χ3v) is 5.34. The number of fused-ring (bicyclic) bond motifs is 1. The van der Waals surface area contributed by atoms with E-state index in [1.807, 2.05) is 19.1 Å². The van der Waals surface area contributed by atoms with Crippen LogP contribution < -0.4 is 15.6 Å². The summed E-state index contributed by atoms with van der Waals surface area (Å²) in [5, 5.41) is 3.25. The van der Waals surface area contributed by atoms with Crippen molar-refractivity contribution in [1.82, 2.24) is 14.9 Å². The van der Waals surface area contributed by atoms with Crippen LogP contribution in [-0.4, -0.2) is 34.2 Å². The number of hydrogen-bond acceptors (Lipinski definition) is 5. The maximum absolute atomic E-state index is 12.3. The number of aromatic nitrogens is 2. The summed E-state index contributed by atoms with van der Waals surface area (Å²) in [5.74, 6) is 1.32. The molecule has 1 aromatic heterocycles. The van der Waals surface area contributed by atoms with Crippen LogP contribution in [0.15, 0.2) is 29.1 Å². The van der Waals surface area contributed by atoms with Crippen molar-refractivity contribution in [3.8, 4) is 5.75 Å². The molecular weight excluding hydrogens is 352 g/mol. The molecule has 0 fully saturated rings. The molecule has 0 amide bonds. The van der Waals surface area contributed by atoms with Crippen LogP contribution in [0.4, 0.5) is 5.95 Å². The van der Waals surface area contributed by atoms with Gasteiger partial charge in [0.1, 0.15) is 5.75 Å². The Balaban J connectivity index is 1.69. The Morgan fingerprint density at radius 3 is 2.75 bits per heavy atom. The lowest BCUT2D eigenvalue weighted by Crippen LogP contribution is -2.30. The first-order chi connectivity index (χ1) is 13.6. The molecule has 2 N–H and O–H groups in total. The van der Waals surface area contributed by atoms with Crippen LogP contribution in [0.3, 0.4) is 0 Å². The number of hydrogen-bond donors (Lipinski definition) is 2. The SMILES string of the molecule is CCC(Nc1nc2c(c(=O)[nH]1)CCCC2)Oc1cccc(CN(CC)CC)c1. The normalized spacial score (nSPS) is 14.6. The van der Waals surface area contributed by atoms with Crippen LogP contribution in [0.1, 0.15) is 56.9 Å². The monoisotopic (exact) mass is 384 g/mol. The van der Waals surface area contributed by atoms with E-state index < -0.39 is 0 Å². The van der Waals surface area contributed by atoms with Gasteiger partial charge in [0, 0.05) is 18.5 Å². The minimum Gasteiger partial charge on any atom is -0.471 e. The van der Waals surface area contributed by atoms with Gasteiger partial charge in [-0.3, -0.25) is 14.7 Å². The van der Waals surface area contributed by atoms with Crippen molar-refractivity contribution in [1.29, 1.82) is 0 Å². The highest BCUT2D eigenvalue weighted by Crippen LogP contribution is 2.19. The fraction of sp³-hybridized carbons (Fsp3) is 0.545. The number of rotatable bonds is 9. The predicted octanol–water partition coefficient (Wildman–Crippen LogP) is 3.72. The molecule has 1 atom stereocenters. The Hall–Kier alpha value is -2.34. The van der Waals surface area contributed by atoms with Crippen molar-refractivity contribution in [2.24, 2.45) is 0 Å². The first-order valence-corrected chi connectivity index (χ1v) is 10.5. The summed E-state index contributed by atoms with van der Waals surface area (Å²) in [4.78, 5) is 22.2. The van der Waals surface area contributed by atoms with Crippen molar-refractivity contribution < 1.29 is 4.74 Å². The van der Waals surface area contributed by atoms with E-state index in [0.29, 0.717) is 5.95 Å². The molecule has 0 radical (unpaired) electrons. The third-order valence-electron chi connectivity index (χ3n) is 5.34. The minimum atomic E-state index is -0.256. The van der Waals surface area contributed by atoms with Gasteiger partial charge in [-0.1, -0.05) is 32.9 Å². The molecule has 28 heavy (non-hydrogen) atoms. The average Bonchev–Trinajstić information content (AvgIpc) is 2.72. The zero-order chi connectivity index (χ0) is 19.9. The summed E-state index contributed by atoms with van der Waals surface area (Å²) in [6.07, 6.45) is 4.35. The number of benzene rings is 1. The Kier molecular flexibility index (Phi) is 7.09. The Bertz CT molecular complexity index is 830. The number of aryl methyl sites for hydroxylation is 1. The zero-order valence-corrected chi connectivity index (χ0v) is 17.3. The van der Waals surface area contributed by atoms with Gasteiger partial charge in [0.05, 0.1) is 5.69 Å². The molecule has 1 unspecified atom stereocenters. The molecule has 1 aromatic carbocycles. The number of nitrogens with zero attached hydrogens (tertiary/aromatic N) is 2. The molecular formula is C22H32N4O2. The van der Waals surface area contributed by atoms with E-state index in [0.717, 1.165) is 68.7 Å². The van der Waals surface area contributed by atoms with Gasteiger partial charge in [-0.25, -0.2) is 4.98 Å². The average molecular weight is 385 g/mol. The lowest BCUT2D eigenvalue weighted by Gasteiger charge is -2.22. The van der Waals surface area contributed by atoms with Crippen molar-refractivity contribution >= 4 is 5.95 Å². The van der Waals surface area contributed by atoms with Gasteiger partial charge < -0.3 is 10.1 Å². The van der Waals surface area contributed by atoms with E-state index in [2.05, 4.69) is 46.2 Å². The van der Waals surface area contributed by atoms with Crippen LogP contribution in [-0.2, 0) is 19.4 Å². The van der Waals surface area contributed by atoms with Crippen LogP contribution in [0.25, 0.3) is 0 Å². The molecule has 0 aliphatic heterocycles. The molecule has 0 saturated carbocycles. The topological polar surface area (TPSA) is 70.2 Å². The number of H-pyrrole nitrogens is 1. The zero-order valence-electron chi connectivity index (χ0n) is 17.3. The van der Waals surface area contributed by atoms with Gasteiger partial charge in [-0.15, -0.1) is 0 Å². The highest BCUT2D eigenvalue weighted by atomic mass is 16.5. The quantitative estimate of drug-likeness (QED) is 0.645. The highest BCUT2D eigenvalue weighted by molar-refractivity contribution is 5.33. The third kappa shape index (κ3) is 5.13. The molecule has 152 valence electrons. The number of aromatic amines is 1. The van der Waals surface area contributed by atoms with Crippen LogP contribution >= 0.6 is 0 Å². The molecule has 2 aromatic rings. The molecule has 0 bridgehead atoms. The molecule has 6 nitrogen and oxygen atoms in total. The van der Waals surface area contributed by atoms with Gasteiger partial charge >= 0.3 is 0 Å². The van der Waals surface area contributed by atoms with E-state index in [4.69, 9.17) is 4.74 Å². The summed E-state index contributed by atoms with van der Waals surface area (Å²) in [6.45, 7) is 9.36. The van der Waals surface area contributed by atoms with E-state index >= 15 is 0 Å². The van der Waals surface area contributed by atoms with Gasteiger partial charge in [-0.2, -0.15) is 0 Å². The number of ether oxygens (including phenoxy) is 1. The molecule has 1 aliphatic carbocycles. The molecule has 6 heteroatoms. The van der Waals surface area contributed by atoms with Crippen molar-refractivity contribution in [2.75, 3.05) is 18.4 Å². The summed E-state index contributed by atoms with van der Waals surface area (Å²) in [7, 11) is 0. The smallest absolute Gasteiger partial charge is 0.255 e. The number of nitrogens with one attached hydrogen (secondary N) is 2. The fourth-order valence-electron chi connectivity index (χ4n) is 3.63. The highest BCUT2D eigenvalue weighted by Gasteiger charge is 2.17. The molecule has 3 rings (SSSR count). The largest absolute Gasteiger partial charge is 0.471 e. The van der Waals surface area contributed by atoms with E-state index in [1.54, 1.807) is 0 Å². The summed E-state index contributed by atoms with van der Waals surface area (Å²) in [6, 6.07) is 8.22. The lowest BCUT2D eigenvalue weighted by molar-refractivity contribution is 0.224. The number of anilines is 1. The molecule has 0 spiro atoms. The molecule has 0 saturated heterocycles. The predicted molar refractivity (Wildman–Crippen MR) is 113 cm³/mol. The van der Waals surface area contributed by atoms with Gasteiger partial charge in [0.2, 0.25) is 5.95 Å². The Labute approximate surface area is 167 Å². The van der Waals surface area contributed by atoms with Crippen LogP contribution in [0.5, 0.6) is 5.75 Å². The van der Waals surface area contributed by atoms with Crippen LogP contribution in [0, 0.1) is 0 Å². The summed E-state index contributed by atoms with van der Waals surface area (Å²) in [5.41, 5.74) is 2.98. The minimum absolute atomic E-state index is 0.0247. The standard InChI is InChI=1S/C22H32N4O2/c1-4-20(24-22-23-19-13-8-7-12-18(19)21(27)25-22)28-17-11-9-10-16(14-17)15-26(5-2)6-3/h9-11,14,20H,4-8,12-13,15H2,1-3H3,(H2,23,24,25,27). The second kappa shape index (κ2) is 9.73.